The van der Waals surface area contributed by atoms with Gasteiger partial charge in [-0.2, -0.15) is 0 Å². The van der Waals surface area contributed by atoms with Crippen LogP contribution in [0.3, 0.4) is 0 Å². The smallest absolute Gasteiger partial charge is 0.305 e. The van der Waals surface area contributed by atoms with Crippen LogP contribution in [-0.2, 0) is 9.53 Å². The van der Waals surface area contributed by atoms with E-state index in [2.05, 4.69) is 27.6 Å². The molecule has 0 aromatic carbocycles. The van der Waals surface area contributed by atoms with Crippen LogP contribution in [-0.4, -0.2) is 44.2 Å². The Kier molecular flexibility index (Phi) is 19.8. The Labute approximate surface area is 167 Å². The lowest BCUT2D eigenvalue weighted by molar-refractivity contribution is -0.890. The average molecular weight is 420 g/mol. The van der Waals surface area contributed by atoms with Gasteiger partial charge in [0.25, 0.3) is 0 Å². The summed E-state index contributed by atoms with van der Waals surface area (Å²) in [5.41, 5.74) is 0. The van der Waals surface area contributed by atoms with Crippen LogP contribution in [0.15, 0.2) is 12.7 Å². The van der Waals surface area contributed by atoms with Crippen LogP contribution in [0.2, 0.25) is 0 Å². The molecule has 0 saturated heterocycles. The molecule has 0 rings (SSSR count). The molecule has 0 aliphatic rings. The first kappa shape index (κ1) is 26.9. The van der Waals surface area contributed by atoms with E-state index in [4.69, 9.17) is 4.74 Å². The standard InChI is InChI=1S/C21H42NO2.BrH/c1-5-7-9-11-12-13-14-15-17-21(23)24-20-19-22(3,4)18-16-10-8-6-2;/h5H,1,6-20H2,2-4H3;1H/q+1;/p-1. The summed E-state index contributed by atoms with van der Waals surface area (Å²) in [6.45, 7) is 8.62. The lowest BCUT2D eigenvalue weighted by Crippen LogP contribution is -3.00. The molecular formula is C21H42BrNO2. The minimum atomic E-state index is -0.0207. The SMILES string of the molecule is C=CCCCCCCCCC(=O)OCC[N+](C)(C)CCCCCC.[Br-]. The molecular weight excluding hydrogens is 378 g/mol. The number of carbonyl (C=O) groups is 1. The summed E-state index contributed by atoms with van der Waals surface area (Å²) in [4.78, 5) is 11.8. The molecule has 0 N–H and O–H groups in total. The monoisotopic (exact) mass is 419 g/mol. The van der Waals surface area contributed by atoms with Crippen molar-refractivity contribution in [2.45, 2.75) is 84.0 Å². The second-order valence-corrected chi connectivity index (χ2v) is 7.61. The van der Waals surface area contributed by atoms with Crippen molar-refractivity contribution in [3.63, 3.8) is 0 Å². The molecule has 0 heterocycles. The topological polar surface area (TPSA) is 26.3 Å². The minimum absolute atomic E-state index is 0. The number of nitrogens with zero attached hydrogens (tertiary/aromatic N) is 1. The van der Waals surface area contributed by atoms with Gasteiger partial charge in [0.1, 0.15) is 13.2 Å². The van der Waals surface area contributed by atoms with Gasteiger partial charge in [-0.3, -0.25) is 4.79 Å². The molecule has 0 spiro atoms. The molecule has 3 nitrogen and oxygen atoms in total. The van der Waals surface area contributed by atoms with Gasteiger partial charge in [-0.1, -0.05) is 51.5 Å². The Balaban J connectivity index is 0. The predicted molar refractivity (Wildman–Crippen MR) is 104 cm³/mol. The van der Waals surface area contributed by atoms with Crippen LogP contribution in [0.4, 0.5) is 0 Å². The summed E-state index contributed by atoms with van der Waals surface area (Å²) < 4.78 is 6.35. The maximum absolute atomic E-state index is 11.8. The normalized spacial score (nSPS) is 11.0. The molecule has 0 aliphatic heterocycles. The van der Waals surface area contributed by atoms with Gasteiger partial charge in [-0.05, 0) is 32.1 Å². The van der Waals surface area contributed by atoms with E-state index in [1.54, 1.807) is 0 Å². The van der Waals surface area contributed by atoms with Crippen LogP contribution >= 0.6 is 0 Å². The zero-order valence-electron chi connectivity index (χ0n) is 17.0. The van der Waals surface area contributed by atoms with E-state index in [9.17, 15) is 4.79 Å². The number of allylic oxidation sites excluding steroid dienone is 1. The molecule has 0 aromatic rings. The maximum atomic E-state index is 11.8. The van der Waals surface area contributed by atoms with E-state index >= 15 is 0 Å². The van der Waals surface area contributed by atoms with Crippen molar-refractivity contribution in [2.75, 3.05) is 33.8 Å². The molecule has 0 amide bonds. The Hall–Kier alpha value is -0.350. The van der Waals surface area contributed by atoms with E-state index in [1.807, 2.05) is 6.08 Å². The number of halogens is 1. The van der Waals surface area contributed by atoms with Crippen LogP contribution in [0.1, 0.15) is 84.0 Å². The number of quaternary nitrogens is 1. The van der Waals surface area contributed by atoms with Gasteiger partial charge in [0.15, 0.2) is 0 Å². The number of rotatable bonds is 17. The molecule has 0 saturated carbocycles. The molecule has 0 fully saturated rings. The van der Waals surface area contributed by atoms with Crippen LogP contribution in [0, 0.1) is 0 Å². The van der Waals surface area contributed by atoms with Gasteiger partial charge < -0.3 is 26.2 Å². The minimum Gasteiger partial charge on any atom is -1.00 e. The highest BCUT2D eigenvalue weighted by atomic mass is 79.9. The van der Waals surface area contributed by atoms with E-state index in [0.717, 1.165) is 30.3 Å². The van der Waals surface area contributed by atoms with Crippen LogP contribution < -0.4 is 17.0 Å². The molecule has 0 atom stereocenters. The van der Waals surface area contributed by atoms with Gasteiger partial charge in [0.2, 0.25) is 0 Å². The Bertz CT molecular complexity index is 319. The number of esters is 1. The fourth-order valence-corrected chi connectivity index (χ4v) is 2.82. The third kappa shape index (κ3) is 19.8. The summed E-state index contributed by atoms with van der Waals surface area (Å²) in [5, 5.41) is 0. The third-order valence-corrected chi connectivity index (χ3v) is 4.62. The maximum Gasteiger partial charge on any atom is 0.305 e. The first-order valence-electron chi connectivity index (χ1n) is 10.1. The molecule has 0 aliphatic carbocycles. The summed E-state index contributed by atoms with van der Waals surface area (Å²) >= 11 is 0. The summed E-state index contributed by atoms with van der Waals surface area (Å²) in [6.07, 6.45) is 16.0. The van der Waals surface area contributed by atoms with E-state index in [1.165, 1.54) is 57.9 Å². The first-order chi connectivity index (χ1) is 11.5. The van der Waals surface area contributed by atoms with Crippen molar-refractivity contribution < 1.29 is 31.0 Å². The average Bonchev–Trinajstić information content (AvgIpc) is 2.54. The highest BCUT2D eigenvalue weighted by Crippen LogP contribution is 2.09. The number of hydrogen-bond donors (Lipinski definition) is 0. The van der Waals surface area contributed by atoms with Gasteiger partial charge in [0, 0.05) is 6.42 Å². The molecule has 25 heavy (non-hydrogen) atoms. The fraction of sp³-hybridized carbons (Fsp3) is 0.857. The second-order valence-electron chi connectivity index (χ2n) is 7.61. The Morgan fingerprint density at radius 3 is 2.16 bits per heavy atom. The second kappa shape index (κ2) is 18.4. The zero-order chi connectivity index (χ0) is 18.1. The predicted octanol–water partition coefficient (Wildman–Crippen LogP) is 2.50. The fourth-order valence-electron chi connectivity index (χ4n) is 2.82. The van der Waals surface area contributed by atoms with Crippen LogP contribution in [0.5, 0.6) is 0 Å². The molecule has 0 aromatic heterocycles. The van der Waals surface area contributed by atoms with Crippen molar-refractivity contribution >= 4 is 5.97 Å². The largest absolute Gasteiger partial charge is 1.00 e. The Morgan fingerprint density at radius 1 is 0.920 bits per heavy atom. The molecule has 0 unspecified atom stereocenters. The van der Waals surface area contributed by atoms with E-state index in [0.29, 0.717) is 13.0 Å². The Morgan fingerprint density at radius 2 is 1.52 bits per heavy atom. The van der Waals surface area contributed by atoms with Gasteiger partial charge >= 0.3 is 5.97 Å². The van der Waals surface area contributed by atoms with Crippen molar-refractivity contribution in [2.24, 2.45) is 0 Å². The van der Waals surface area contributed by atoms with Crippen molar-refractivity contribution in [1.29, 1.82) is 0 Å². The quantitative estimate of drug-likeness (QED) is 0.156. The van der Waals surface area contributed by atoms with Gasteiger partial charge in [-0.15, -0.1) is 6.58 Å². The molecule has 0 radical (unpaired) electrons. The molecule has 0 bridgehead atoms. The highest BCUT2D eigenvalue weighted by molar-refractivity contribution is 5.69. The number of likely N-dealkylation sites (N-methyl/N-ethyl adjacent to an activating group) is 1. The first-order valence-corrected chi connectivity index (χ1v) is 10.1. The summed E-state index contributed by atoms with van der Waals surface area (Å²) in [5.74, 6) is -0.0207. The van der Waals surface area contributed by atoms with Crippen LogP contribution in [0.25, 0.3) is 0 Å². The zero-order valence-corrected chi connectivity index (χ0v) is 18.6. The van der Waals surface area contributed by atoms with Gasteiger partial charge in [-0.25, -0.2) is 0 Å². The van der Waals surface area contributed by atoms with Crippen molar-refractivity contribution in [3.05, 3.63) is 12.7 Å². The molecule has 150 valence electrons. The lowest BCUT2D eigenvalue weighted by Gasteiger charge is -2.29. The highest BCUT2D eigenvalue weighted by Gasteiger charge is 2.15. The van der Waals surface area contributed by atoms with Gasteiger partial charge in [0.05, 0.1) is 20.6 Å². The lowest BCUT2D eigenvalue weighted by atomic mass is 10.1. The van der Waals surface area contributed by atoms with Crippen molar-refractivity contribution in [1.82, 2.24) is 0 Å². The number of unbranched alkanes of at least 4 members (excludes halogenated alkanes) is 9. The summed E-state index contributed by atoms with van der Waals surface area (Å²) in [6, 6.07) is 0. The molecule has 4 heteroatoms. The van der Waals surface area contributed by atoms with Crippen molar-refractivity contribution in [3.8, 4) is 0 Å². The summed E-state index contributed by atoms with van der Waals surface area (Å²) in [7, 11) is 4.46. The van der Waals surface area contributed by atoms with E-state index in [-0.39, 0.29) is 23.0 Å². The number of carbonyl (C=O) groups excluding carboxylic acids is 1. The number of hydrogen-bond acceptors (Lipinski definition) is 2. The third-order valence-electron chi connectivity index (χ3n) is 4.62. The number of ether oxygens (including phenoxy) is 1. The van der Waals surface area contributed by atoms with E-state index < -0.39 is 0 Å².